The standard InChI is InChI=1S/C18H26N2O3/c1-3-9-17(19,10-4-2)16(23)20-18(11-12-18)14-7-5-13(6-8-14)15(21)22/h5-8H,3-4,9-12,19H2,1-2H3,(H,20,23)(H,21,22). The summed E-state index contributed by atoms with van der Waals surface area (Å²) in [6, 6.07) is 6.73. The van der Waals surface area contributed by atoms with Crippen LogP contribution in [0.5, 0.6) is 0 Å². The lowest BCUT2D eigenvalue weighted by Gasteiger charge is -2.30. The topological polar surface area (TPSA) is 92.4 Å². The van der Waals surface area contributed by atoms with Crippen LogP contribution in [0.4, 0.5) is 0 Å². The van der Waals surface area contributed by atoms with Gasteiger partial charge in [-0.15, -0.1) is 0 Å². The molecule has 0 unspecified atom stereocenters. The molecule has 2 rings (SSSR count). The molecule has 1 aliphatic carbocycles. The van der Waals surface area contributed by atoms with Crippen molar-refractivity contribution in [3.8, 4) is 0 Å². The van der Waals surface area contributed by atoms with Crippen molar-refractivity contribution < 1.29 is 14.7 Å². The van der Waals surface area contributed by atoms with Gasteiger partial charge in [-0.2, -0.15) is 0 Å². The number of nitrogens with two attached hydrogens (primary N) is 1. The van der Waals surface area contributed by atoms with Gasteiger partial charge in [-0.3, -0.25) is 4.79 Å². The number of aromatic carboxylic acids is 1. The molecule has 5 nitrogen and oxygen atoms in total. The van der Waals surface area contributed by atoms with Crippen molar-refractivity contribution in [3.63, 3.8) is 0 Å². The van der Waals surface area contributed by atoms with E-state index in [1.807, 2.05) is 13.8 Å². The third-order valence-electron chi connectivity index (χ3n) is 4.63. The molecular formula is C18H26N2O3. The molecule has 0 spiro atoms. The third-order valence-corrected chi connectivity index (χ3v) is 4.63. The van der Waals surface area contributed by atoms with E-state index in [0.717, 1.165) is 31.2 Å². The Balaban J connectivity index is 2.14. The Bertz CT molecular complexity index is 570. The van der Waals surface area contributed by atoms with Gasteiger partial charge < -0.3 is 16.2 Å². The molecule has 0 aromatic heterocycles. The predicted molar refractivity (Wildman–Crippen MR) is 89.2 cm³/mol. The molecule has 0 aliphatic heterocycles. The van der Waals surface area contributed by atoms with Gasteiger partial charge in [-0.1, -0.05) is 38.8 Å². The largest absolute Gasteiger partial charge is 0.478 e. The Morgan fingerprint density at radius 1 is 1.17 bits per heavy atom. The van der Waals surface area contributed by atoms with Gasteiger partial charge >= 0.3 is 5.97 Å². The van der Waals surface area contributed by atoms with Crippen molar-refractivity contribution in [2.45, 2.75) is 63.5 Å². The molecule has 1 aromatic carbocycles. The molecule has 126 valence electrons. The molecule has 0 heterocycles. The van der Waals surface area contributed by atoms with Crippen LogP contribution in [-0.2, 0) is 10.3 Å². The van der Waals surface area contributed by atoms with Crippen molar-refractivity contribution in [3.05, 3.63) is 35.4 Å². The van der Waals surface area contributed by atoms with Crippen molar-refractivity contribution in [1.29, 1.82) is 0 Å². The van der Waals surface area contributed by atoms with Crippen LogP contribution in [0.3, 0.4) is 0 Å². The summed E-state index contributed by atoms with van der Waals surface area (Å²) in [5.74, 6) is -1.04. The smallest absolute Gasteiger partial charge is 0.335 e. The zero-order valence-corrected chi connectivity index (χ0v) is 13.9. The van der Waals surface area contributed by atoms with Crippen LogP contribution >= 0.6 is 0 Å². The van der Waals surface area contributed by atoms with Crippen LogP contribution in [0.25, 0.3) is 0 Å². The van der Waals surface area contributed by atoms with Gasteiger partial charge in [0.2, 0.25) is 5.91 Å². The highest BCUT2D eigenvalue weighted by atomic mass is 16.4. The molecule has 1 saturated carbocycles. The lowest BCUT2D eigenvalue weighted by atomic mass is 9.88. The summed E-state index contributed by atoms with van der Waals surface area (Å²) in [5, 5.41) is 12.1. The molecule has 4 N–H and O–H groups in total. The van der Waals surface area contributed by atoms with E-state index >= 15 is 0 Å². The Hall–Kier alpha value is -1.88. The van der Waals surface area contributed by atoms with Crippen LogP contribution in [0.15, 0.2) is 24.3 Å². The number of nitrogens with one attached hydrogen (secondary N) is 1. The average molecular weight is 318 g/mol. The van der Waals surface area contributed by atoms with E-state index in [4.69, 9.17) is 10.8 Å². The number of hydrogen-bond donors (Lipinski definition) is 3. The molecule has 1 amide bonds. The highest BCUT2D eigenvalue weighted by molar-refractivity contribution is 5.88. The highest BCUT2D eigenvalue weighted by Crippen LogP contribution is 2.46. The van der Waals surface area contributed by atoms with E-state index < -0.39 is 11.5 Å². The van der Waals surface area contributed by atoms with E-state index in [1.54, 1.807) is 24.3 Å². The summed E-state index contributed by atoms with van der Waals surface area (Å²) >= 11 is 0. The van der Waals surface area contributed by atoms with Crippen molar-refractivity contribution >= 4 is 11.9 Å². The van der Waals surface area contributed by atoms with Crippen LogP contribution in [-0.4, -0.2) is 22.5 Å². The van der Waals surface area contributed by atoms with E-state index in [0.29, 0.717) is 12.8 Å². The second-order valence-electron chi connectivity index (χ2n) is 6.57. The SMILES string of the molecule is CCCC(N)(CCC)C(=O)NC1(c2ccc(C(=O)O)cc2)CC1. The molecule has 0 radical (unpaired) electrons. The Morgan fingerprint density at radius 3 is 2.09 bits per heavy atom. The maximum absolute atomic E-state index is 12.7. The highest BCUT2D eigenvalue weighted by Gasteiger charge is 2.48. The first-order chi connectivity index (χ1) is 10.9. The van der Waals surface area contributed by atoms with Gasteiger partial charge in [0.05, 0.1) is 16.6 Å². The summed E-state index contributed by atoms with van der Waals surface area (Å²) < 4.78 is 0. The van der Waals surface area contributed by atoms with Crippen molar-refractivity contribution in [1.82, 2.24) is 5.32 Å². The van der Waals surface area contributed by atoms with Gasteiger partial charge in [0, 0.05) is 0 Å². The first-order valence-corrected chi connectivity index (χ1v) is 8.32. The van der Waals surface area contributed by atoms with E-state index in [2.05, 4.69) is 5.32 Å². The summed E-state index contributed by atoms with van der Waals surface area (Å²) in [5.41, 5.74) is 6.36. The lowest BCUT2D eigenvalue weighted by molar-refractivity contribution is -0.128. The summed E-state index contributed by atoms with van der Waals surface area (Å²) in [7, 11) is 0. The molecular weight excluding hydrogens is 292 g/mol. The number of benzene rings is 1. The number of carboxylic acid groups (broad SMARTS) is 1. The Morgan fingerprint density at radius 2 is 1.70 bits per heavy atom. The number of rotatable bonds is 8. The molecule has 0 saturated heterocycles. The van der Waals surface area contributed by atoms with Crippen LogP contribution in [0.1, 0.15) is 68.3 Å². The zero-order valence-electron chi connectivity index (χ0n) is 13.9. The van der Waals surface area contributed by atoms with Gasteiger partial charge in [0.1, 0.15) is 0 Å². The second kappa shape index (κ2) is 6.71. The fourth-order valence-corrected chi connectivity index (χ4v) is 3.13. The maximum Gasteiger partial charge on any atom is 0.335 e. The number of hydrogen-bond acceptors (Lipinski definition) is 3. The fraction of sp³-hybridized carbons (Fsp3) is 0.556. The fourth-order valence-electron chi connectivity index (χ4n) is 3.13. The predicted octanol–water partition coefficient (Wildman–Crippen LogP) is 2.79. The van der Waals surface area contributed by atoms with Crippen molar-refractivity contribution in [2.24, 2.45) is 5.73 Å². The number of carbonyl (C=O) groups excluding carboxylic acids is 1. The van der Waals surface area contributed by atoms with E-state index in [-0.39, 0.29) is 17.0 Å². The molecule has 23 heavy (non-hydrogen) atoms. The number of carboxylic acids is 1. The van der Waals surface area contributed by atoms with Gasteiger partial charge in [0.15, 0.2) is 0 Å². The average Bonchev–Trinajstić information content (AvgIpc) is 3.28. The second-order valence-corrected chi connectivity index (χ2v) is 6.57. The quantitative estimate of drug-likeness (QED) is 0.687. The Labute approximate surface area is 137 Å². The van der Waals surface area contributed by atoms with E-state index in [1.165, 1.54) is 0 Å². The van der Waals surface area contributed by atoms with Crippen LogP contribution in [0, 0.1) is 0 Å². The lowest BCUT2D eigenvalue weighted by Crippen LogP contribution is -2.56. The van der Waals surface area contributed by atoms with Gasteiger partial charge in [-0.25, -0.2) is 4.79 Å². The first kappa shape index (κ1) is 17.5. The van der Waals surface area contributed by atoms with Crippen LogP contribution < -0.4 is 11.1 Å². The molecule has 5 heteroatoms. The molecule has 0 bridgehead atoms. The first-order valence-electron chi connectivity index (χ1n) is 8.32. The van der Waals surface area contributed by atoms with Gasteiger partial charge in [0.25, 0.3) is 0 Å². The minimum absolute atomic E-state index is 0.0963. The minimum Gasteiger partial charge on any atom is -0.478 e. The Kier molecular flexibility index (Phi) is 5.09. The third kappa shape index (κ3) is 3.72. The number of amides is 1. The van der Waals surface area contributed by atoms with E-state index in [9.17, 15) is 9.59 Å². The maximum atomic E-state index is 12.7. The number of carbonyl (C=O) groups is 2. The van der Waals surface area contributed by atoms with Crippen molar-refractivity contribution in [2.75, 3.05) is 0 Å². The van der Waals surface area contributed by atoms with Crippen LogP contribution in [0.2, 0.25) is 0 Å². The molecule has 1 aliphatic rings. The summed E-state index contributed by atoms with van der Waals surface area (Å²) in [4.78, 5) is 23.7. The molecule has 1 aromatic rings. The zero-order chi connectivity index (χ0) is 17.1. The summed E-state index contributed by atoms with van der Waals surface area (Å²) in [6.07, 6.45) is 4.79. The minimum atomic E-state index is -0.947. The molecule has 0 atom stereocenters. The monoisotopic (exact) mass is 318 g/mol. The van der Waals surface area contributed by atoms with Gasteiger partial charge in [-0.05, 0) is 43.4 Å². The normalized spacial score (nSPS) is 16.0. The molecule has 1 fully saturated rings. The summed E-state index contributed by atoms with van der Waals surface area (Å²) in [6.45, 7) is 4.06.